The molecule has 1 nitrogen and oxygen atoms in total. The van der Waals surface area contributed by atoms with E-state index in [-0.39, 0.29) is 0 Å². The molecule has 0 spiro atoms. The van der Waals surface area contributed by atoms with Crippen molar-refractivity contribution in [3.8, 4) is 11.1 Å². The van der Waals surface area contributed by atoms with Crippen molar-refractivity contribution in [2.75, 3.05) is 7.05 Å². The van der Waals surface area contributed by atoms with Crippen LogP contribution in [-0.4, -0.2) is 7.05 Å². The smallest absolute Gasteiger partial charge is 0.0320 e. The molecule has 1 aliphatic carbocycles. The highest BCUT2D eigenvalue weighted by molar-refractivity contribution is 5.65. The molecule has 2 aromatic rings. The predicted molar refractivity (Wildman–Crippen MR) is 81.3 cm³/mol. The standard InChI is InChI=1S/C18H21N/c1-13-8-11-18(19-2)17-12-15(9-10-16(13)17)14-6-4-3-5-7-14/h3-7,9-10,12-13,18-19H,8,11H2,1-2H3. The molecular formula is C18H21N. The molecule has 98 valence electrons. The summed E-state index contributed by atoms with van der Waals surface area (Å²) in [6.45, 7) is 2.34. The minimum Gasteiger partial charge on any atom is -0.313 e. The van der Waals surface area contributed by atoms with Gasteiger partial charge in [0.15, 0.2) is 0 Å². The number of benzene rings is 2. The summed E-state index contributed by atoms with van der Waals surface area (Å²) in [6.07, 6.45) is 2.52. The molecule has 2 unspecified atom stereocenters. The van der Waals surface area contributed by atoms with Crippen LogP contribution in [0.4, 0.5) is 0 Å². The van der Waals surface area contributed by atoms with Crippen LogP contribution in [0.25, 0.3) is 11.1 Å². The molecule has 0 aromatic heterocycles. The molecule has 0 amide bonds. The number of fused-ring (bicyclic) bond motifs is 1. The first kappa shape index (κ1) is 12.4. The largest absolute Gasteiger partial charge is 0.313 e. The Kier molecular flexibility index (Phi) is 3.39. The Morgan fingerprint density at radius 2 is 1.68 bits per heavy atom. The Bertz CT molecular complexity index is 559. The SMILES string of the molecule is CNC1CCC(C)c2ccc(-c3ccccc3)cc21. The van der Waals surface area contributed by atoms with Crippen molar-refractivity contribution in [3.63, 3.8) is 0 Å². The van der Waals surface area contributed by atoms with Crippen molar-refractivity contribution < 1.29 is 0 Å². The van der Waals surface area contributed by atoms with E-state index in [0.717, 1.165) is 0 Å². The van der Waals surface area contributed by atoms with E-state index in [1.54, 1.807) is 0 Å². The fraction of sp³-hybridized carbons (Fsp3) is 0.333. The van der Waals surface area contributed by atoms with Crippen LogP contribution in [-0.2, 0) is 0 Å². The maximum Gasteiger partial charge on any atom is 0.0320 e. The predicted octanol–water partition coefficient (Wildman–Crippen LogP) is 4.51. The molecule has 2 aromatic carbocycles. The molecule has 0 radical (unpaired) electrons. The quantitative estimate of drug-likeness (QED) is 0.828. The van der Waals surface area contributed by atoms with E-state index in [1.165, 1.54) is 35.1 Å². The molecule has 2 atom stereocenters. The lowest BCUT2D eigenvalue weighted by atomic mass is 9.80. The van der Waals surface area contributed by atoms with Crippen LogP contribution in [0, 0.1) is 0 Å². The molecule has 0 saturated carbocycles. The summed E-state index contributed by atoms with van der Waals surface area (Å²) in [4.78, 5) is 0. The van der Waals surface area contributed by atoms with Crippen LogP contribution in [0.1, 0.15) is 42.9 Å². The van der Waals surface area contributed by atoms with Gasteiger partial charge in [0.2, 0.25) is 0 Å². The molecule has 1 aliphatic rings. The lowest BCUT2D eigenvalue weighted by Gasteiger charge is -2.30. The summed E-state index contributed by atoms with van der Waals surface area (Å²) >= 11 is 0. The van der Waals surface area contributed by atoms with Gasteiger partial charge in [0, 0.05) is 6.04 Å². The van der Waals surface area contributed by atoms with Gasteiger partial charge in [-0.25, -0.2) is 0 Å². The molecule has 0 heterocycles. The highest BCUT2D eigenvalue weighted by atomic mass is 14.9. The van der Waals surface area contributed by atoms with E-state index < -0.39 is 0 Å². The monoisotopic (exact) mass is 251 g/mol. The van der Waals surface area contributed by atoms with Gasteiger partial charge in [0.05, 0.1) is 0 Å². The fourth-order valence-electron chi connectivity index (χ4n) is 3.16. The first-order valence-corrected chi connectivity index (χ1v) is 7.16. The minimum atomic E-state index is 0.509. The third kappa shape index (κ3) is 2.31. The van der Waals surface area contributed by atoms with E-state index in [1.807, 2.05) is 0 Å². The van der Waals surface area contributed by atoms with Crippen molar-refractivity contribution in [2.45, 2.75) is 31.7 Å². The maximum absolute atomic E-state index is 3.46. The van der Waals surface area contributed by atoms with Gasteiger partial charge >= 0.3 is 0 Å². The van der Waals surface area contributed by atoms with Crippen molar-refractivity contribution in [2.24, 2.45) is 0 Å². The first-order chi connectivity index (χ1) is 9.29. The topological polar surface area (TPSA) is 12.0 Å². The van der Waals surface area contributed by atoms with Crippen LogP contribution in [0.15, 0.2) is 48.5 Å². The van der Waals surface area contributed by atoms with Crippen LogP contribution in [0.3, 0.4) is 0 Å². The van der Waals surface area contributed by atoms with Crippen molar-refractivity contribution >= 4 is 0 Å². The van der Waals surface area contributed by atoms with Crippen LogP contribution < -0.4 is 5.32 Å². The van der Waals surface area contributed by atoms with Gasteiger partial charge in [-0.1, -0.05) is 49.4 Å². The zero-order valence-electron chi connectivity index (χ0n) is 11.7. The van der Waals surface area contributed by atoms with Crippen molar-refractivity contribution in [3.05, 3.63) is 59.7 Å². The average Bonchev–Trinajstić information content (AvgIpc) is 2.48. The average molecular weight is 251 g/mol. The lowest BCUT2D eigenvalue weighted by Crippen LogP contribution is -2.23. The third-order valence-electron chi connectivity index (χ3n) is 4.34. The normalized spacial score (nSPS) is 22.0. The van der Waals surface area contributed by atoms with Gasteiger partial charge in [-0.2, -0.15) is 0 Å². The minimum absolute atomic E-state index is 0.509. The molecular weight excluding hydrogens is 230 g/mol. The van der Waals surface area contributed by atoms with E-state index in [0.29, 0.717) is 12.0 Å². The Hall–Kier alpha value is -1.60. The Labute approximate surface area is 115 Å². The summed E-state index contributed by atoms with van der Waals surface area (Å²) in [5.41, 5.74) is 5.64. The Morgan fingerprint density at radius 3 is 2.42 bits per heavy atom. The van der Waals surface area contributed by atoms with Gasteiger partial charge in [-0.15, -0.1) is 0 Å². The fourth-order valence-corrected chi connectivity index (χ4v) is 3.16. The highest BCUT2D eigenvalue weighted by Gasteiger charge is 2.23. The second-order valence-corrected chi connectivity index (χ2v) is 5.53. The molecule has 1 N–H and O–H groups in total. The van der Waals surface area contributed by atoms with Gasteiger partial charge < -0.3 is 5.32 Å². The van der Waals surface area contributed by atoms with E-state index >= 15 is 0 Å². The lowest BCUT2D eigenvalue weighted by molar-refractivity contribution is 0.460. The Balaban J connectivity index is 2.07. The van der Waals surface area contributed by atoms with Gasteiger partial charge in [-0.3, -0.25) is 0 Å². The molecule has 3 rings (SSSR count). The summed E-state index contributed by atoms with van der Waals surface area (Å²) in [5.74, 6) is 0.685. The number of nitrogens with one attached hydrogen (secondary N) is 1. The van der Waals surface area contributed by atoms with Crippen LogP contribution >= 0.6 is 0 Å². The Morgan fingerprint density at radius 1 is 0.895 bits per heavy atom. The van der Waals surface area contributed by atoms with Gasteiger partial charge in [0.25, 0.3) is 0 Å². The summed E-state index contributed by atoms with van der Waals surface area (Å²) < 4.78 is 0. The van der Waals surface area contributed by atoms with Crippen LogP contribution in [0.5, 0.6) is 0 Å². The summed E-state index contributed by atoms with van der Waals surface area (Å²) in [7, 11) is 2.07. The van der Waals surface area contributed by atoms with E-state index in [4.69, 9.17) is 0 Å². The zero-order valence-corrected chi connectivity index (χ0v) is 11.7. The molecule has 0 aliphatic heterocycles. The van der Waals surface area contributed by atoms with Gasteiger partial charge in [-0.05, 0) is 54.1 Å². The van der Waals surface area contributed by atoms with Crippen molar-refractivity contribution in [1.82, 2.24) is 5.32 Å². The van der Waals surface area contributed by atoms with Crippen molar-refractivity contribution in [1.29, 1.82) is 0 Å². The molecule has 0 bridgehead atoms. The third-order valence-corrected chi connectivity index (χ3v) is 4.34. The first-order valence-electron chi connectivity index (χ1n) is 7.16. The molecule has 19 heavy (non-hydrogen) atoms. The molecule has 0 saturated heterocycles. The second-order valence-electron chi connectivity index (χ2n) is 5.53. The number of hydrogen-bond donors (Lipinski definition) is 1. The summed E-state index contributed by atoms with van der Waals surface area (Å²) in [5, 5.41) is 3.46. The summed E-state index contributed by atoms with van der Waals surface area (Å²) in [6, 6.07) is 18.1. The zero-order chi connectivity index (χ0) is 13.2. The molecule has 1 heteroatoms. The van der Waals surface area contributed by atoms with Crippen LogP contribution in [0.2, 0.25) is 0 Å². The van der Waals surface area contributed by atoms with E-state index in [2.05, 4.69) is 67.8 Å². The van der Waals surface area contributed by atoms with E-state index in [9.17, 15) is 0 Å². The van der Waals surface area contributed by atoms with Gasteiger partial charge in [0.1, 0.15) is 0 Å². The number of hydrogen-bond acceptors (Lipinski definition) is 1. The number of rotatable bonds is 2. The highest BCUT2D eigenvalue weighted by Crippen LogP contribution is 2.38. The second kappa shape index (κ2) is 5.18. The maximum atomic E-state index is 3.46. The molecule has 0 fully saturated rings.